The summed E-state index contributed by atoms with van der Waals surface area (Å²) in [7, 11) is 0. The van der Waals surface area contributed by atoms with Gasteiger partial charge in [0.1, 0.15) is 17.0 Å². The summed E-state index contributed by atoms with van der Waals surface area (Å²) in [5.41, 5.74) is -1.37. The number of benzene rings is 1. The van der Waals surface area contributed by atoms with Crippen molar-refractivity contribution in [3.63, 3.8) is 0 Å². The van der Waals surface area contributed by atoms with Crippen LogP contribution in [0.3, 0.4) is 0 Å². The standard InChI is InChI=1S/C12H13F2NO3/c1-12(2,11(17)18)10(16)15-6-7-3-8(13)5-9(14)4-7/h3-5H,6H2,1-2H3,(H,15,16)(H,17,18). The molecule has 6 heteroatoms. The van der Waals surface area contributed by atoms with Crippen LogP contribution < -0.4 is 5.32 Å². The van der Waals surface area contributed by atoms with Crippen LogP contribution in [0, 0.1) is 17.0 Å². The van der Waals surface area contributed by atoms with E-state index in [1.54, 1.807) is 0 Å². The first-order valence-corrected chi connectivity index (χ1v) is 5.20. The predicted octanol–water partition coefficient (Wildman–Crippen LogP) is 1.69. The number of carboxylic acids is 1. The monoisotopic (exact) mass is 257 g/mol. The van der Waals surface area contributed by atoms with E-state index in [1.165, 1.54) is 13.8 Å². The molecule has 0 heterocycles. The highest BCUT2D eigenvalue weighted by molar-refractivity contribution is 6.00. The summed E-state index contributed by atoms with van der Waals surface area (Å²) in [6.45, 7) is 2.36. The van der Waals surface area contributed by atoms with E-state index in [2.05, 4.69) is 5.32 Å². The molecule has 0 aliphatic heterocycles. The van der Waals surface area contributed by atoms with Crippen LogP contribution in [0.15, 0.2) is 18.2 Å². The quantitative estimate of drug-likeness (QED) is 0.807. The van der Waals surface area contributed by atoms with Gasteiger partial charge in [0.05, 0.1) is 0 Å². The predicted molar refractivity (Wildman–Crippen MR) is 59.6 cm³/mol. The van der Waals surface area contributed by atoms with E-state index in [9.17, 15) is 18.4 Å². The molecule has 0 bridgehead atoms. The molecule has 98 valence electrons. The largest absolute Gasteiger partial charge is 0.480 e. The summed E-state index contributed by atoms with van der Waals surface area (Å²) >= 11 is 0. The molecule has 1 rings (SSSR count). The molecule has 0 saturated heterocycles. The molecule has 18 heavy (non-hydrogen) atoms. The lowest BCUT2D eigenvalue weighted by molar-refractivity contribution is -0.153. The Morgan fingerprint density at radius 2 is 1.72 bits per heavy atom. The molecular formula is C12H13F2NO3. The summed E-state index contributed by atoms with van der Waals surface area (Å²) in [5.74, 6) is -3.50. The highest BCUT2D eigenvalue weighted by atomic mass is 19.1. The van der Waals surface area contributed by atoms with Crippen LogP contribution in [0.2, 0.25) is 0 Å². The Kier molecular flexibility index (Phi) is 4.00. The van der Waals surface area contributed by atoms with Gasteiger partial charge in [-0.2, -0.15) is 0 Å². The third kappa shape index (κ3) is 3.26. The van der Waals surface area contributed by atoms with Crippen LogP contribution in [0.1, 0.15) is 19.4 Å². The average Bonchev–Trinajstić information content (AvgIpc) is 2.24. The number of hydrogen-bond donors (Lipinski definition) is 2. The van der Waals surface area contributed by atoms with Crippen molar-refractivity contribution in [2.24, 2.45) is 5.41 Å². The van der Waals surface area contributed by atoms with Crippen molar-refractivity contribution in [3.8, 4) is 0 Å². The zero-order valence-corrected chi connectivity index (χ0v) is 9.96. The van der Waals surface area contributed by atoms with E-state index >= 15 is 0 Å². The Morgan fingerprint density at radius 1 is 1.22 bits per heavy atom. The van der Waals surface area contributed by atoms with Crippen molar-refractivity contribution < 1.29 is 23.5 Å². The van der Waals surface area contributed by atoms with E-state index in [0.29, 0.717) is 6.07 Å². The van der Waals surface area contributed by atoms with Gasteiger partial charge < -0.3 is 10.4 Å². The maximum absolute atomic E-state index is 12.9. The molecule has 2 N–H and O–H groups in total. The number of halogens is 2. The maximum atomic E-state index is 12.9. The van der Waals surface area contributed by atoms with Crippen LogP contribution in [-0.2, 0) is 16.1 Å². The smallest absolute Gasteiger partial charge is 0.318 e. The fraction of sp³-hybridized carbons (Fsp3) is 0.333. The second-order valence-corrected chi connectivity index (χ2v) is 4.39. The van der Waals surface area contributed by atoms with Gasteiger partial charge in [-0.3, -0.25) is 9.59 Å². The van der Waals surface area contributed by atoms with Crippen molar-refractivity contribution in [1.29, 1.82) is 0 Å². The minimum absolute atomic E-state index is 0.135. The molecule has 0 unspecified atom stereocenters. The SMILES string of the molecule is CC(C)(C(=O)O)C(=O)NCc1cc(F)cc(F)c1. The number of rotatable bonds is 4. The molecule has 1 aromatic carbocycles. The topological polar surface area (TPSA) is 66.4 Å². The average molecular weight is 257 g/mol. The van der Waals surface area contributed by atoms with Crippen molar-refractivity contribution in [1.82, 2.24) is 5.32 Å². The Bertz CT molecular complexity index is 466. The Hall–Kier alpha value is -1.98. The number of carbonyl (C=O) groups is 2. The molecule has 1 amide bonds. The molecule has 0 atom stereocenters. The lowest BCUT2D eigenvalue weighted by Crippen LogP contribution is -2.42. The van der Waals surface area contributed by atoms with Crippen LogP contribution in [0.25, 0.3) is 0 Å². The highest BCUT2D eigenvalue weighted by Gasteiger charge is 2.35. The maximum Gasteiger partial charge on any atom is 0.318 e. The second-order valence-electron chi connectivity index (χ2n) is 4.39. The fourth-order valence-electron chi connectivity index (χ4n) is 1.21. The van der Waals surface area contributed by atoms with Gasteiger partial charge in [0.15, 0.2) is 0 Å². The van der Waals surface area contributed by atoms with E-state index in [1.807, 2.05) is 0 Å². The van der Waals surface area contributed by atoms with E-state index < -0.39 is 28.9 Å². The zero-order valence-electron chi connectivity index (χ0n) is 9.96. The molecular weight excluding hydrogens is 244 g/mol. The second kappa shape index (κ2) is 5.12. The Labute approximate surface area is 103 Å². The van der Waals surface area contributed by atoms with Gasteiger partial charge in [0, 0.05) is 12.6 Å². The minimum atomic E-state index is -1.59. The zero-order chi connectivity index (χ0) is 13.9. The molecule has 0 aromatic heterocycles. The summed E-state index contributed by atoms with van der Waals surface area (Å²) < 4.78 is 25.7. The van der Waals surface area contributed by atoms with Gasteiger partial charge in [0.25, 0.3) is 0 Å². The first-order chi connectivity index (χ1) is 8.23. The number of aliphatic carboxylic acids is 1. The number of carbonyl (C=O) groups excluding carboxylic acids is 1. The van der Waals surface area contributed by atoms with E-state index in [-0.39, 0.29) is 12.1 Å². The van der Waals surface area contributed by atoms with Crippen molar-refractivity contribution in [2.75, 3.05) is 0 Å². The van der Waals surface area contributed by atoms with Gasteiger partial charge in [-0.1, -0.05) is 0 Å². The lowest BCUT2D eigenvalue weighted by Gasteiger charge is -2.18. The van der Waals surface area contributed by atoms with Crippen LogP contribution in [0.4, 0.5) is 8.78 Å². The van der Waals surface area contributed by atoms with E-state index in [4.69, 9.17) is 5.11 Å². The molecule has 0 radical (unpaired) electrons. The summed E-state index contributed by atoms with van der Waals surface area (Å²) in [4.78, 5) is 22.4. The van der Waals surface area contributed by atoms with Crippen molar-refractivity contribution >= 4 is 11.9 Å². The van der Waals surface area contributed by atoms with Crippen molar-refractivity contribution in [2.45, 2.75) is 20.4 Å². The van der Waals surface area contributed by atoms with Crippen LogP contribution >= 0.6 is 0 Å². The van der Waals surface area contributed by atoms with Crippen molar-refractivity contribution in [3.05, 3.63) is 35.4 Å². The van der Waals surface area contributed by atoms with E-state index in [0.717, 1.165) is 12.1 Å². The van der Waals surface area contributed by atoms with Crippen LogP contribution in [-0.4, -0.2) is 17.0 Å². The number of amides is 1. The molecule has 0 aliphatic rings. The normalized spacial score (nSPS) is 11.1. The minimum Gasteiger partial charge on any atom is -0.480 e. The fourth-order valence-corrected chi connectivity index (χ4v) is 1.21. The van der Waals surface area contributed by atoms with Gasteiger partial charge in [-0.05, 0) is 31.5 Å². The molecule has 4 nitrogen and oxygen atoms in total. The molecule has 0 fully saturated rings. The van der Waals surface area contributed by atoms with Crippen LogP contribution in [0.5, 0.6) is 0 Å². The first-order valence-electron chi connectivity index (χ1n) is 5.20. The molecule has 1 aromatic rings. The first kappa shape index (κ1) is 14.1. The third-order valence-corrected chi connectivity index (χ3v) is 2.48. The lowest BCUT2D eigenvalue weighted by atomic mass is 9.92. The number of carboxylic acid groups (broad SMARTS) is 1. The summed E-state index contributed by atoms with van der Waals surface area (Å²) in [5, 5.41) is 11.1. The third-order valence-electron chi connectivity index (χ3n) is 2.48. The highest BCUT2D eigenvalue weighted by Crippen LogP contribution is 2.15. The van der Waals surface area contributed by atoms with Gasteiger partial charge in [-0.25, -0.2) is 8.78 Å². The Morgan fingerprint density at radius 3 is 2.17 bits per heavy atom. The summed E-state index contributed by atoms with van der Waals surface area (Å²) in [6, 6.07) is 2.85. The molecule has 0 spiro atoms. The van der Waals surface area contributed by atoms with Gasteiger partial charge >= 0.3 is 5.97 Å². The molecule has 0 aliphatic carbocycles. The number of hydrogen-bond acceptors (Lipinski definition) is 2. The van der Waals surface area contributed by atoms with Gasteiger partial charge in [0.2, 0.25) is 5.91 Å². The Balaban J connectivity index is 2.71. The summed E-state index contributed by atoms with van der Waals surface area (Å²) in [6.07, 6.45) is 0. The molecule has 0 saturated carbocycles. The van der Waals surface area contributed by atoms with Gasteiger partial charge in [-0.15, -0.1) is 0 Å². The number of nitrogens with one attached hydrogen (secondary N) is 1.